The molecule has 2 aromatic carbocycles. The number of ether oxygens (including phenoxy) is 2. The number of aliphatic hydroxyl groups excluding tert-OH is 1. The molecule has 0 spiro atoms. The number of hydrogen-bond acceptors (Lipinski definition) is 4. The molecule has 1 aliphatic heterocycles. The van der Waals surface area contributed by atoms with Crippen molar-refractivity contribution in [3.63, 3.8) is 0 Å². The minimum absolute atomic E-state index is 0.192. The summed E-state index contributed by atoms with van der Waals surface area (Å²) in [5.74, 6) is 1.06. The molecule has 5 heteroatoms. The van der Waals surface area contributed by atoms with Crippen LogP contribution in [-0.4, -0.2) is 30.8 Å². The zero-order valence-corrected chi connectivity index (χ0v) is 12.7. The third kappa shape index (κ3) is 3.81. The van der Waals surface area contributed by atoms with Gasteiger partial charge >= 0.3 is 0 Å². The van der Waals surface area contributed by atoms with E-state index in [0.717, 1.165) is 5.56 Å². The summed E-state index contributed by atoms with van der Waals surface area (Å²) in [7, 11) is 0. The molecule has 3 rings (SSSR count). The van der Waals surface area contributed by atoms with E-state index in [2.05, 4.69) is 5.32 Å². The van der Waals surface area contributed by atoms with Crippen molar-refractivity contribution in [3.8, 4) is 11.5 Å². The lowest BCUT2D eigenvalue weighted by Crippen LogP contribution is -2.26. The molecular formula is C18H19NO4. The van der Waals surface area contributed by atoms with Crippen LogP contribution in [0, 0.1) is 0 Å². The predicted octanol–water partition coefficient (Wildman–Crippen LogP) is 2.31. The fourth-order valence-corrected chi connectivity index (χ4v) is 2.45. The Morgan fingerprint density at radius 2 is 1.83 bits per heavy atom. The van der Waals surface area contributed by atoms with Gasteiger partial charge in [0.1, 0.15) is 13.2 Å². The van der Waals surface area contributed by atoms with E-state index >= 15 is 0 Å². The molecule has 2 aromatic rings. The minimum Gasteiger partial charge on any atom is -0.486 e. The van der Waals surface area contributed by atoms with Crippen LogP contribution >= 0.6 is 0 Å². The average molecular weight is 313 g/mol. The van der Waals surface area contributed by atoms with E-state index in [9.17, 15) is 9.90 Å². The van der Waals surface area contributed by atoms with Gasteiger partial charge in [0, 0.05) is 12.1 Å². The lowest BCUT2D eigenvalue weighted by molar-refractivity contribution is 0.0941. The van der Waals surface area contributed by atoms with Crippen LogP contribution in [-0.2, 0) is 0 Å². The number of nitrogens with one attached hydrogen (secondary N) is 1. The highest BCUT2D eigenvalue weighted by Crippen LogP contribution is 2.30. The summed E-state index contributed by atoms with van der Waals surface area (Å²) in [4.78, 5) is 12.2. The fraction of sp³-hybridized carbons (Fsp3) is 0.278. The second-order valence-electron chi connectivity index (χ2n) is 5.33. The van der Waals surface area contributed by atoms with Gasteiger partial charge in [0.05, 0.1) is 6.10 Å². The average Bonchev–Trinajstić information content (AvgIpc) is 2.61. The van der Waals surface area contributed by atoms with Crippen LogP contribution in [0.15, 0.2) is 48.5 Å². The van der Waals surface area contributed by atoms with Crippen molar-refractivity contribution in [2.75, 3.05) is 19.8 Å². The molecular weight excluding hydrogens is 294 g/mol. The van der Waals surface area contributed by atoms with Crippen LogP contribution in [0.1, 0.15) is 28.4 Å². The Balaban J connectivity index is 1.53. The quantitative estimate of drug-likeness (QED) is 0.889. The van der Waals surface area contributed by atoms with Gasteiger partial charge in [-0.3, -0.25) is 4.79 Å². The molecule has 0 aromatic heterocycles. The van der Waals surface area contributed by atoms with Crippen LogP contribution in [0.5, 0.6) is 11.5 Å². The number of carbonyl (C=O) groups is 1. The molecule has 5 nitrogen and oxygen atoms in total. The lowest BCUT2D eigenvalue weighted by Gasteiger charge is -2.18. The van der Waals surface area contributed by atoms with Gasteiger partial charge in [-0.2, -0.15) is 0 Å². The first-order valence-electron chi connectivity index (χ1n) is 7.65. The van der Waals surface area contributed by atoms with Gasteiger partial charge < -0.3 is 19.9 Å². The van der Waals surface area contributed by atoms with E-state index in [1.54, 1.807) is 18.2 Å². The third-order valence-corrected chi connectivity index (χ3v) is 3.69. The van der Waals surface area contributed by atoms with Crippen molar-refractivity contribution in [1.82, 2.24) is 5.32 Å². The smallest absolute Gasteiger partial charge is 0.251 e. The van der Waals surface area contributed by atoms with Crippen molar-refractivity contribution in [1.29, 1.82) is 0 Å². The number of rotatable bonds is 5. The van der Waals surface area contributed by atoms with Crippen molar-refractivity contribution in [2.45, 2.75) is 12.5 Å². The Morgan fingerprint density at radius 1 is 1.09 bits per heavy atom. The van der Waals surface area contributed by atoms with Crippen LogP contribution in [0.4, 0.5) is 0 Å². The van der Waals surface area contributed by atoms with Crippen LogP contribution in [0.2, 0.25) is 0 Å². The second-order valence-corrected chi connectivity index (χ2v) is 5.33. The van der Waals surface area contributed by atoms with E-state index < -0.39 is 6.10 Å². The molecule has 2 N–H and O–H groups in total. The summed E-state index contributed by atoms with van der Waals surface area (Å²) in [6, 6.07) is 14.5. The lowest BCUT2D eigenvalue weighted by atomic mass is 10.1. The minimum atomic E-state index is -0.586. The molecule has 0 fully saturated rings. The summed E-state index contributed by atoms with van der Waals surface area (Å²) in [5.41, 5.74) is 1.37. The SMILES string of the molecule is O=C(NCC[C@H](O)c1ccccc1)c1ccc2c(c1)OCCO2. The highest BCUT2D eigenvalue weighted by atomic mass is 16.6. The highest BCUT2D eigenvalue weighted by molar-refractivity contribution is 5.94. The Morgan fingerprint density at radius 3 is 2.61 bits per heavy atom. The summed E-state index contributed by atoms with van der Waals surface area (Å²) < 4.78 is 10.9. The summed E-state index contributed by atoms with van der Waals surface area (Å²) in [6.07, 6.45) is -0.128. The third-order valence-electron chi connectivity index (χ3n) is 3.69. The zero-order valence-electron chi connectivity index (χ0n) is 12.7. The molecule has 0 bridgehead atoms. The van der Waals surface area contributed by atoms with Gasteiger partial charge in [0.15, 0.2) is 11.5 Å². The van der Waals surface area contributed by atoms with E-state index in [0.29, 0.717) is 43.2 Å². The van der Waals surface area contributed by atoms with Crippen molar-refractivity contribution < 1.29 is 19.4 Å². The first-order valence-corrected chi connectivity index (χ1v) is 7.65. The van der Waals surface area contributed by atoms with Gasteiger partial charge in [-0.05, 0) is 30.2 Å². The highest BCUT2D eigenvalue weighted by Gasteiger charge is 2.15. The molecule has 0 saturated carbocycles. The molecule has 1 atom stereocenters. The Bertz CT molecular complexity index is 672. The fourth-order valence-electron chi connectivity index (χ4n) is 2.45. The first-order chi connectivity index (χ1) is 11.2. The van der Waals surface area contributed by atoms with Gasteiger partial charge in [-0.1, -0.05) is 30.3 Å². The Kier molecular flexibility index (Phi) is 4.78. The number of hydrogen-bond donors (Lipinski definition) is 2. The largest absolute Gasteiger partial charge is 0.486 e. The molecule has 0 saturated heterocycles. The zero-order chi connectivity index (χ0) is 16.1. The van der Waals surface area contributed by atoms with E-state index in [1.807, 2.05) is 30.3 Å². The van der Waals surface area contributed by atoms with E-state index in [4.69, 9.17) is 9.47 Å². The molecule has 0 aliphatic carbocycles. The number of carbonyl (C=O) groups excluding carboxylic acids is 1. The maximum absolute atomic E-state index is 12.2. The standard InChI is InChI=1S/C18H19NO4/c20-15(13-4-2-1-3-5-13)8-9-19-18(21)14-6-7-16-17(12-14)23-11-10-22-16/h1-7,12,15,20H,8-11H2,(H,19,21)/t15-/m0/s1. The predicted molar refractivity (Wildman–Crippen MR) is 85.8 cm³/mol. The summed E-state index contributed by atoms with van der Waals surface area (Å²) >= 11 is 0. The van der Waals surface area contributed by atoms with Crippen molar-refractivity contribution in [2.24, 2.45) is 0 Å². The van der Waals surface area contributed by atoms with Crippen LogP contribution in [0.3, 0.4) is 0 Å². The Labute approximate surface area is 134 Å². The number of benzene rings is 2. The van der Waals surface area contributed by atoms with Crippen molar-refractivity contribution >= 4 is 5.91 Å². The number of fused-ring (bicyclic) bond motifs is 1. The molecule has 120 valence electrons. The number of amides is 1. The topological polar surface area (TPSA) is 67.8 Å². The van der Waals surface area contributed by atoms with Gasteiger partial charge in [0.25, 0.3) is 5.91 Å². The summed E-state index contributed by atoms with van der Waals surface area (Å²) in [6.45, 7) is 1.40. The number of aliphatic hydroxyl groups is 1. The monoisotopic (exact) mass is 313 g/mol. The first kappa shape index (κ1) is 15.4. The van der Waals surface area contributed by atoms with Gasteiger partial charge in [-0.25, -0.2) is 0 Å². The van der Waals surface area contributed by atoms with Gasteiger partial charge in [0.2, 0.25) is 0 Å². The van der Waals surface area contributed by atoms with E-state index in [1.165, 1.54) is 0 Å². The van der Waals surface area contributed by atoms with Gasteiger partial charge in [-0.15, -0.1) is 0 Å². The molecule has 1 heterocycles. The molecule has 1 aliphatic rings. The van der Waals surface area contributed by atoms with Crippen LogP contribution in [0.25, 0.3) is 0 Å². The maximum Gasteiger partial charge on any atom is 0.251 e. The normalized spacial score (nSPS) is 14.1. The molecule has 23 heavy (non-hydrogen) atoms. The summed E-state index contributed by atoms with van der Waals surface area (Å²) in [5, 5.41) is 12.9. The second kappa shape index (κ2) is 7.15. The maximum atomic E-state index is 12.2. The van der Waals surface area contributed by atoms with Crippen molar-refractivity contribution in [3.05, 3.63) is 59.7 Å². The van der Waals surface area contributed by atoms with E-state index in [-0.39, 0.29) is 5.91 Å². The van der Waals surface area contributed by atoms with Crippen LogP contribution < -0.4 is 14.8 Å². The Hall–Kier alpha value is -2.53. The molecule has 1 amide bonds. The molecule has 0 unspecified atom stereocenters. The molecule has 0 radical (unpaired) electrons.